The third-order valence-corrected chi connectivity index (χ3v) is 2.87. The summed E-state index contributed by atoms with van der Waals surface area (Å²) in [6.45, 7) is 0. The summed E-state index contributed by atoms with van der Waals surface area (Å²) in [5.74, 6) is 0.520. The predicted molar refractivity (Wildman–Crippen MR) is 72.5 cm³/mol. The Kier molecular flexibility index (Phi) is 2.72. The van der Waals surface area contributed by atoms with E-state index in [9.17, 15) is 4.79 Å². The number of aromatic amines is 1. The van der Waals surface area contributed by atoms with Crippen LogP contribution < -0.4 is 5.56 Å². The number of hydrogen-bond donors (Lipinski definition) is 1. The van der Waals surface area contributed by atoms with Gasteiger partial charge in [-0.1, -0.05) is 30.3 Å². The van der Waals surface area contributed by atoms with Crippen molar-refractivity contribution < 1.29 is 0 Å². The average molecular weight is 252 g/mol. The fourth-order valence-corrected chi connectivity index (χ4v) is 1.92. The lowest BCUT2D eigenvalue weighted by molar-refractivity contribution is 0.906. The second-order valence-corrected chi connectivity index (χ2v) is 4.24. The lowest BCUT2D eigenvalue weighted by Crippen LogP contribution is -2.09. The van der Waals surface area contributed by atoms with Crippen LogP contribution in [0.1, 0.15) is 0 Å². The zero-order valence-electron chi connectivity index (χ0n) is 10.4. The molecule has 1 N–H and O–H groups in total. The van der Waals surface area contributed by atoms with E-state index < -0.39 is 0 Å². The van der Waals surface area contributed by atoms with Gasteiger partial charge in [0.05, 0.1) is 18.2 Å². The first-order chi connectivity index (χ1) is 9.24. The van der Waals surface area contributed by atoms with E-state index in [0.29, 0.717) is 11.5 Å². The summed E-state index contributed by atoms with van der Waals surface area (Å²) >= 11 is 0. The molecule has 3 rings (SSSR count). The first kappa shape index (κ1) is 11.4. The lowest BCUT2D eigenvalue weighted by Gasteiger charge is -2.04. The van der Waals surface area contributed by atoms with E-state index in [2.05, 4.69) is 15.0 Å². The standard InChI is InChI=1S/C14H12N4O/c1-18-9-15-8-12(18)14-16-11(7-13(19)17-14)10-5-3-2-4-6-10/h2-9H,1H3,(H,16,17,19). The third-order valence-electron chi connectivity index (χ3n) is 2.87. The van der Waals surface area contributed by atoms with E-state index in [1.807, 2.05) is 41.9 Å². The zero-order valence-corrected chi connectivity index (χ0v) is 10.4. The first-order valence-corrected chi connectivity index (χ1v) is 5.87. The molecule has 0 atom stereocenters. The van der Waals surface area contributed by atoms with Crippen LogP contribution >= 0.6 is 0 Å². The molecule has 2 heterocycles. The van der Waals surface area contributed by atoms with E-state index in [1.54, 1.807) is 12.5 Å². The van der Waals surface area contributed by atoms with Gasteiger partial charge in [0.2, 0.25) is 0 Å². The smallest absolute Gasteiger partial charge is 0.251 e. The molecule has 0 aliphatic rings. The van der Waals surface area contributed by atoms with Gasteiger partial charge in [-0.15, -0.1) is 0 Å². The first-order valence-electron chi connectivity index (χ1n) is 5.87. The van der Waals surface area contributed by atoms with Gasteiger partial charge in [0.25, 0.3) is 5.56 Å². The second kappa shape index (κ2) is 4.53. The van der Waals surface area contributed by atoms with Crippen molar-refractivity contribution in [2.45, 2.75) is 0 Å². The molecule has 2 aromatic heterocycles. The third kappa shape index (κ3) is 2.18. The van der Waals surface area contributed by atoms with Gasteiger partial charge in [-0.25, -0.2) is 9.97 Å². The van der Waals surface area contributed by atoms with Crippen LogP contribution in [0.2, 0.25) is 0 Å². The van der Waals surface area contributed by atoms with Crippen LogP contribution in [0.4, 0.5) is 0 Å². The molecule has 0 saturated carbocycles. The maximum Gasteiger partial charge on any atom is 0.251 e. The number of benzene rings is 1. The molecule has 94 valence electrons. The van der Waals surface area contributed by atoms with Crippen molar-refractivity contribution in [3.63, 3.8) is 0 Å². The summed E-state index contributed by atoms with van der Waals surface area (Å²) < 4.78 is 1.81. The molecule has 0 aliphatic carbocycles. The molecule has 0 fully saturated rings. The summed E-state index contributed by atoms with van der Waals surface area (Å²) in [6, 6.07) is 11.1. The van der Waals surface area contributed by atoms with Crippen molar-refractivity contribution in [1.29, 1.82) is 0 Å². The van der Waals surface area contributed by atoms with Gasteiger partial charge >= 0.3 is 0 Å². The molecule has 0 aliphatic heterocycles. The minimum absolute atomic E-state index is 0.176. The Hall–Kier alpha value is -2.69. The molecule has 3 aromatic rings. The summed E-state index contributed by atoms with van der Waals surface area (Å²) in [6.07, 6.45) is 3.34. The lowest BCUT2D eigenvalue weighted by atomic mass is 10.1. The van der Waals surface area contributed by atoms with Crippen molar-refractivity contribution in [3.05, 3.63) is 59.3 Å². The fraction of sp³-hybridized carbons (Fsp3) is 0.0714. The zero-order chi connectivity index (χ0) is 13.2. The molecule has 1 aromatic carbocycles. The Labute approximate surface area is 109 Å². The molecule has 0 saturated heterocycles. The van der Waals surface area contributed by atoms with E-state index in [-0.39, 0.29) is 5.56 Å². The SMILES string of the molecule is Cn1cncc1-c1nc(-c2ccccc2)cc(=O)[nH]1. The van der Waals surface area contributed by atoms with Crippen LogP contribution in [0, 0.1) is 0 Å². The van der Waals surface area contributed by atoms with Gasteiger partial charge < -0.3 is 9.55 Å². The van der Waals surface area contributed by atoms with Crippen molar-refractivity contribution in [2.75, 3.05) is 0 Å². The maximum atomic E-state index is 11.8. The van der Waals surface area contributed by atoms with E-state index in [1.165, 1.54) is 6.07 Å². The van der Waals surface area contributed by atoms with Crippen molar-refractivity contribution in [3.8, 4) is 22.8 Å². The highest BCUT2D eigenvalue weighted by atomic mass is 16.1. The molecule has 19 heavy (non-hydrogen) atoms. The molecular weight excluding hydrogens is 240 g/mol. The normalized spacial score (nSPS) is 10.6. The Bertz CT molecular complexity index is 758. The summed E-state index contributed by atoms with van der Waals surface area (Å²) in [7, 11) is 1.86. The number of hydrogen-bond acceptors (Lipinski definition) is 3. The average Bonchev–Trinajstić information content (AvgIpc) is 2.85. The van der Waals surface area contributed by atoms with Gasteiger partial charge in [-0.2, -0.15) is 0 Å². The monoisotopic (exact) mass is 252 g/mol. The number of aryl methyl sites for hydroxylation is 1. The maximum absolute atomic E-state index is 11.8. The number of imidazole rings is 1. The molecule has 5 nitrogen and oxygen atoms in total. The van der Waals surface area contributed by atoms with Crippen molar-refractivity contribution >= 4 is 0 Å². The van der Waals surface area contributed by atoms with Crippen LogP contribution in [0.3, 0.4) is 0 Å². The Morgan fingerprint density at radius 1 is 1.21 bits per heavy atom. The van der Waals surface area contributed by atoms with E-state index >= 15 is 0 Å². The van der Waals surface area contributed by atoms with Gasteiger partial charge in [0, 0.05) is 18.7 Å². The minimum Gasteiger partial charge on any atom is -0.331 e. The van der Waals surface area contributed by atoms with Gasteiger partial charge in [-0.05, 0) is 0 Å². The summed E-state index contributed by atoms with van der Waals surface area (Å²) in [4.78, 5) is 23.0. The molecule has 0 spiro atoms. The molecule has 0 amide bonds. The quantitative estimate of drug-likeness (QED) is 0.757. The number of aromatic nitrogens is 4. The molecule has 0 unspecified atom stereocenters. The fourth-order valence-electron chi connectivity index (χ4n) is 1.92. The second-order valence-electron chi connectivity index (χ2n) is 4.24. The highest BCUT2D eigenvalue weighted by Gasteiger charge is 2.08. The number of rotatable bonds is 2. The Balaban J connectivity index is 2.17. The molecule has 0 bridgehead atoms. The highest BCUT2D eigenvalue weighted by Crippen LogP contribution is 2.18. The molecule has 0 radical (unpaired) electrons. The summed E-state index contributed by atoms with van der Waals surface area (Å²) in [5.41, 5.74) is 2.16. The van der Waals surface area contributed by atoms with E-state index in [0.717, 1.165) is 11.3 Å². The van der Waals surface area contributed by atoms with Crippen molar-refractivity contribution in [2.24, 2.45) is 7.05 Å². The highest BCUT2D eigenvalue weighted by molar-refractivity contribution is 5.61. The Morgan fingerprint density at radius 3 is 2.68 bits per heavy atom. The Morgan fingerprint density at radius 2 is 2.00 bits per heavy atom. The van der Waals surface area contributed by atoms with Crippen LogP contribution in [0.5, 0.6) is 0 Å². The topological polar surface area (TPSA) is 63.6 Å². The molecule has 5 heteroatoms. The van der Waals surface area contributed by atoms with Gasteiger partial charge in [0.1, 0.15) is 5.69 Å². The van der Waals surface area contributed by atoms with E-state index in [4.69, 9.17) is 0 Å². The van der Waals surface area contributed by atoms with Crippen molar-refractivity contribution in [1.82, 2.24) is 19.5 Å². The minimum atomic E-state index is -0.176. The number of H-pyrrole nitrogens is 1. The molecular formula is C14H12N4O. The van der Waals surface area contributed by atoms with Crippen LogP contribution in [-0.4, -0.2) is 19.5 Å². The van der Waals surface area contributed by atoms with Crippen LogP contribution in [0.15, 0.2) is 53.7 Å². The van der Waals surface area contributed by atoms with Gasteiger partial charge in [0.15, 0.2) is 5.82 Å². The van der Waals surface area contributed by atoms with Crippen LogP contribution in [0.25, 0.3) is 22.8 Å². The number of nitrogens with one attached hydrogen (secondary N) is 1. The predicted octanol–water partition coefficient (Wildman–Crippen LogP) is 1.84. The number of nitrogens with zero attached hydrogens (tertiary/aromatic N) is 3. The summed E-state index contributed by atoms with van der Waals surface area (Å²) in [5, 5.41) is 0. The van der Waals surface area contributed by atoms with Crippen LogP contribution in [-0.2, 0) is 7.05 Å². The van der Waals surface area contributed by atoms with Gasteiger partial charge in [-0.3, -0.25) is 4.79 Å². The largest absolute Gasteiger partial charge is 0.331 e.